The van der Waals surface area contributed by atoms with Gasteiger partial charge in [0.1, 0.15) is 5.69 Å². The van der Waals surface area contributed by atoms with Crippen molar-refractivity contribution in [2.45, 2.75) is 0 Å². The average Bonchev–Trinajstić information content (AvgIpc) is 2.72. The largest absolute Gasteiger partial charge is 0.347 e. The van der Waals surface area contributed by atoms with Crippen molar-refractivity contribution < 1.29 is 18.0 Å². The smallest absolute Gasteiger partial charge is 0.272 e. The molecule has 6 heteroatoms. The van der Waals surface area contributed by atoms with Gasteiger partial charge in [0.05, 0.1) is 0 Å². The highest BCUT2D eigenvalue weighted by atomic mass is 19.2. The molecule has 0 fully saturated rings. The third-order valence-corrected chi connectivity index (χ3v) is 2.42. The van der Waals surface area contributed by atoms with Gasteiger partial charge in [-0.25, -0.2) is 13.2 Å². The minimum absolute atomic E-state index is 0.141. The van der Waals surface area contributed by atoms with E-state index in [1.54, 1.807) is 29.9 Å². The summed E-state index contributed by atoms with van der Waals surface area (Å²) in [4.78, 5) is 11.7. The highest BCUT2D eigenvalue weighted by molar-refractivity contribution is 6.03. The first-order valence-corrected chi connectivity index (χ1v) is 5.06. The number of carbonyl (C=O) groups is 1. The Morgan fingerprint density at radius 1 is 1.22 bits per heavy atom. The van der Waals surface area contributed by atoms with Crippen molar-refractivity contribution in [1.29, 1.82) is 0 Å². The van der Waals surface area contributed by atoms with Crippen molar-refractivity contribution in [3.05, 3.63) is 53.6 Å². The SMILES string of the molecule is Cn1cccc1C(=O)Nc1cc(F)c(F)c(F)c1. The summed E-state index contributed by atoms with van der Waals surface area (Å²) >= 11 is 0. The maximum atomic E-state index is 12.9. The molecule has 2 rings (SSSR count). The fraction of sp³-hybridized carbons (Fsp3) is 0.0833. The van der Waals surface area contributed by atoms with Crippen LogP contribution in [0.25, 0.3) is 0 Å². The molecule has 0 bridgehead atoms. The second-order valence-electron chi connectivity index (χ2n) is 3.71. The molecular weight excluding hydrogens is 245 g/mol. The zero-order valence-corrected chi connectivity index (χ0v) is 9.38. The molecule has 1 aromatic carbocycles. The van der Waals surface area contributed by atoms with E-state index in [4.69, 9.17) is 0 Å². The molecule has 0 unspecified atom stereocenters. The molecule has 94 valence electrons. The Morgan fingerprint density at radius 3 is 2.33 bits per heavy atom. The van der Waals surface area contributed by atoms with Crippen LogP contribution in [0.3, 0.4) is 0 Å². The van der Waals surface area contributed by atoms with E-state index in [1.807, 2.05) is 0 Å². The molecule has 0 aliphatic heterocycles. The van der Waals surface area contributed by atoms with E-state index >= 15 is 0 Å². The third-order valence-electron chi connectivity index (χ3n) is 2.42. The van der Waals surface area contributed by atoms with Crippen LogP contribution in [0.2, 0.25) is 0 Å². The molecule has 0 aliphatic rings. The summed E-state index contributed by atoms with van der Waals surface area (Å²) in [5, 5.41) is 2.29. The molecule has 0 atom stereocenters. The van der Waals surface area contributed by atoms with Gasteiger partial charge in [0, 0.05) is 31.1 Å². The van der Waals surface area contributed by atoms with E-state index in [0.29, 0.717) is 5.69 Å². The van der Waals surface area contributed by atoms with Crippen molar-refractivity contribution >= 4 is 11.6 Å². The number of rotatable bonds is 2. The summed E-state index contributed by atoms with van der Waals surface area (Å²) in [7, 11) is 1.65. The Balaban J connectivity index is 2.25. The lowest BCUT2D eigenvalue weighted by atomic mass is 10.2. The van der Waals surface area contributed by atoms with Gasteiger partial charge in [0.15, 0.2) is 17.5 Å². The van der Waals surface area contributed by atoms with Gasteiger partial charge in [0.2, 0.25) is 0 Å². The van der Waals surface area contributed by atoms with Crippen LogP contribution in [0.15, 0.2) is 30.5 Å². The van der Waals surface area contributed by atoms with E-state index in [1.165, 1.54) is 0 Å². The number of halogens is 3. The molecule has 0 radical (unpaired) electrons. The Hall–Kier alpha value is -2.24. The molecule has 0 spiro atoms. The van der Waals surface area contributed by atoms with Crippen LogP contribution in [0.4, 0.5) is 18.9 Å². The van der Waals surface area contributed by atoms with Crippen molar-refractivity contribution in [1.82, 2.24) is 4.57 Å². The summed E-state index contributed by atoms with van der Waals surface area (Å²) in [6.07, 6.45) is 1.65. The molecule has 18 heavy (non-hydrogen) atoms. The maximum absolute atomic E-state index is 12.9. The summed E-state index contributed by atoms with van der Waals surface area (Å²) in [5.74, 6) is -4.80. The first-order chi connectivity index (χ1) is 8.49. The number of aromatic nitrogens is 1. The van der Waals surface area contributed by atoms with Crippen molar-refractivity contribution in [3.63, 3.8) is 0 Å². The monoisotopic (exact) mass is 254 g/mol. The molecule has 3 nitrogen and oxygen atoms in total. The lowest BCUT2D eigenvalue weighted by Crippen LogP contribution is -2.15. The topological polar surface area (TPSA) is 34.0 Å². The Morgan fingerprint density at radius 2 is 1.83 bits per heavy atom. The molecule has 1 aromatic heterocycles. The fourth-order valence-electron chi connectivity index (χ4n) is 1.52. The zero-order valence-electron chi connectivity index (χ0n) is 9.38. The fourth-order valence-corrected chi connectivity index (χ4v) is 1.52. The molecule has 0 aliphatic carbocycles. The standard InChI is InChI=1S/C12H9F3N2O/c1-17-4-2-3-10(17)12(18)16-7-5-8(13)11(15)9(14)6-7/h2-6H,1H3,(H,16,18). The zero-order chi connectivity index (χ0) is 13.3. The number of benzene rings is 1. The van der Waals surface area contributed by atoms with Gasteiger partial charge in [-0.3, -0.25) is 4.79 Å². The van der Waals surface area contributed by atoms with Gasteiger partial charge in [-0.1, -0.05) is 0 Å². The van der Waals surface area contributed by atoms with E-state index in [0.717, 1.165) is 12.1 Å². The third kappa shape index (κ3) is 2.22. The number of nitrogens with zero attached hydrogens (tertiary/aromatic N) is 1. The van der Waals surface area contributed by atoms with Crippen molar-refractivity contribution in [2.24, 2.45) is 7.05 Å². The van der Waals surface area contributed by atoms with E-state index < -0.39 is 23.4 Å². The van der Waals surface area contributed by atoms with Crippen LogP contribution >= 0.6 is 0 Å². The number of amides is 1. The highest BCUT2D eigenvalue weighted by Crippen LogP contribution is 2.18. The summed E-state index contributed by atoms with van der Waals surface area (Å²) < 4.78 is 40.1. The quantitative estimate of drug-likeness (QED) is 0.821. The Labute approximate surface area is 101 Å². The highest BCUT2D eigenvalue weighted by Gasteiger charge is 2.14. The van der Waals surface area contributed by atoms with Gasteiger partial charge >= 0.3 is 0 Å². The predicted octanol–water partition coefficient (Wildman–Crippen LogP) is 2.69. The van der Waals surface area contributed by atoms with Crippen LogP contribution in [-0.4, -0.2) is 10.5 Å². The van der Waals surface area contributed by atoms with Gasteiger partial charge in [-0.2, -0.15) is 0 Å². The summed E-state index contributed by atoms with van der Waals surface area (Å²) in [6, 6.07) is 4.64. The number of anilines is 1. The number of carbonyl (C=O) groups excluding carboxylic acids is 1. The second kappa shape index (κ2) is 4.56. The van der Waals surface area contributed by atoms with Gasteiger partial charge in [-0.05, 0) is 12.1 Å². The van der Waals surface area contributed by atoms with Crippen molar-refractivity contribution in [3.8, 4) is 0 Å². The average molecular weight is 254 g/mol. The first kappa shape index (κ1) is 12.2. The van der Waals surface area contributed by atoms with Crippen LogP contribution in [-0.2, 0) is 7.05 Å². The van der Waals surface area contributed by atoms with Crippen LogP contribution in [0, 0.1) is 17.5 Å². The minimum atomic E-state index is -1.56. The number of hydrogen-bond donors (Lipinski definition) is 1. The molecule has 0 saturated heterocycles. The molecule has 1 N–H and O–H groups in total. The molecule has 1 amide bonds. The molecular formula is C12H9F3N2O. The van der Waals surface area contributed by atoms with E-state index in [9.17, 15) is 18.0 Å². The normalized spacial score (nSPS) is 10.4. The van der Waals surface area contributed by atoms with Crippen molar-refractivity contribution in [2.75, 3.05) is 5.32 Å². The van der Waals surface area contributed by atoms with Crippen LogP contribution < -0.4 is 5.32 Å². The van der Waals surface area contributed by atoms with E-state index in [2.05, 4.69) is 5.32 Å². The summed E-state index contributed by atoms with van der Waals surface area (Å²) in [5.41, 5.74) is 0.178. The molecule has 0 saturated carbocycles. The minimum Gasteiger partial charge on any atom is -0.347 e. The lowest BCUT2D eigenvalue weighted by molar-refractivity contribution is 0.101. The second-order valence-corrected chi connectivity index (χ2v) is 3.71. The molecule has 1 heterocycles. The first-order valence-electron chi connectivity index (χ1n) is 5.06. The Bertz CT molecular complexity index is 584. The summed E-state index contributed by atoms with van der Waals surface area (Å²) in [6.45, 7) is 0. The molecule has 2 aromatic rings. The predicted molar refractivity (Wildman–Crippen MR) is 59.7 cm³/mol. The van der Waals surface area contributed by atoms with Gasteiger partial charge in [-0.15, -0.1) is 0 Å². The van der Waals surface area contributed by atoms with Gasteiger partial charge < -0.3 is 9.88 Å². The van der Waals surface area contributed by atoms with E-state index in [-0.39, 0.29) is 5.69 Å². The van der Waals surface area contributed by atoms with Gasteiger partial charge in [0.25, 0.3) is 5.91 Å². The Kier molecular flexibility index (Phi) is 3.10. The van der Waals surface area contributed by atoms with Crippen LogP contribution in [0.1, 0.15) is 10.5 Å². The number of nitrogens with one attached hydrogen (secondary N) is 1. The maximum Gasteiger partial charge on any atom is 0.272 e. The number of aryl methyl sites for hydroxylation is 1. The number of hydrogen-bond acceptors (Lipinski definition) is 1. The van der Waals surface area contributed by atoms with Crippen LogP contribution in [0.5, 0.6) is 0 Å². The lowest BCUT2D eigenvalue weighted by Gasteiger charge is -2.07.